The van der Waals surface area contributed by atoms with E-state index >= 15 is 0 Å². The lowest BCUT2D eigenvalue weighted by Crippen LogP contribution is -2.56. The molecule has 110 valence electrons. The summed E-state index contributed by atoms with van der Waals surface area (Å²) in [6.07, 6.45) is 0. The number of benzene rings is 1. The Labute approximate surface area is 113 Å². The lowest BCUT2D eigenvalue weighted by Gasteiger charge is -2.38. The average Bonchev–Trinajstić information content (AvgIpc) is 2.35. The van der Waals surface area contributed by atoms with E-state index in [0.717, 1.165) is 5.56 Å². The topological polar surface area (TPSA) is 9.23 Å². The first kappa shape index (κ1) is 15.0. The molecule has 0 N–H and O–H groups in total. The van der Waals surface area contributed by atoms with Crippen LogP contribution in [0.5, 0.6) is 0 Å². The van der Waals surface area contributed by atoms with Gasteiger partial charge in [-0.1, -0.05) is 17.7 Å². The molecule has 2 rings (SSSR count). The number of alkyl halides is 3. The summed E-state index contributed by atoms with van der Waals surface area (Å²) < 4.78 is 69.6. The molecule has 1 aliphatic rings. The first-order valence-corrected chi connectivity index (χ1v) is 5.95. The fourth-order valence-electron chi connectivity index (χ4n) is 2.26. The molecule has 0 aromatic heterocycles. The fraction of sp³-hybridized carbons (Fsp3) is 0.429. The van der Waals surface area contributed by atoms with Gasteiger partial charge in [-0.05, 0) is 37.5 Å². The summed E-state index contributed by atoms with van der Waals surface area (Å²) >= 11 is 0. The molecule has 6 heteroatoms. The number of ether oxygens (including phenoxy) is 1. The Morgan fingerprint density at radius 2 is 1.45 bits per heavy atom. The van der Waals surface area contributed by atoms with Crippen LogP contribution in [-0.4, -0.2) is 11.8 Å². The summed E-state index contributed by atoms with van der Waals surface area (Å²) in [6.45, 7) is 4.69. The molecule has 0 radical (unpaired) electrons. The Balaban J connectivity index is 2.23. The van der Waals surface area contributed by atoms with Gasteiger partial charge >= 0.3 is 11.8 Å². The molecule has 0 spiro atoms. The van der Waals surface area contributed by atoms with E-state index in [4.69, 9.17) is 0 Å². The maximum atomic E-state index is 13.7. The van der Waals surface area contributed by atoms with Gasteiger partial charge in [-0.25, -0.2) is 8.78 Å². The van der Waals surface area contributed by atoms with Crippen molar-refractivity contribution >= 4 is 0 Å². The van der Waals surface area contributed by atoms with E-state index in [0.29, 0.717) is 16.7 Å². The Morgan fingerprint density at radius 3 is 1.90 bits per heavy atom. The summed E-state index contributed by atoms with van der Waals surface area (Å²) in [5.41, 5.74) is 2.84. The molecular formula is C14H13F5O. The van der Waals surface area contributed by atoms with Gasteiger partial charge < -0.3 is 4.74 Å². The van der Waals surface area contributed by atoms with Crippen LogP contribution in [0.4, 0.5) is 22.0 Å². The summed E-state index contributed by atoms with van der Waals surface area (Å²) in [5.74, 6) is -13.2. The van der Waals surface area contributed by atoms with Crippen molar-refractivity contribution in [2.75, 3.05) is 0 Å². The molecular weight excluding hydrogens is 279 g/mol. The third-order valence-electron chi connectivity index (χ3n) is 3.41. The largest absolute Gasteiger partial charge is 0.365 e. The van der Waals surface area contributed by atoms with E-state index in [1.165, 1.54) is 0 Å². The standard InChI is InChI=1S/C14H13F5O/c1-7-4-8(2)10(9(3)5-7)6-20-14(19)12(16)11(15)13(14,17)18/h4-5H,6H2,1-3H3. The van der Waals surface area contributed by atoms with Crippen molar-refractivity contribution in [2.24, 2.45) is 0 Å². The van der Waals surface area contributed by atoms with Gasteiger partial charge in [-0.2, -0.15) is 13.2 Å². The van der Waals surface area contributed by atoms with E-state index < -0.39 is 30.0 Å². The van der Waals surface area contributed by atoms with E-state index in [2.05, 4.69) is 4.74 Å². The molecule has 0 heterocycles. The number of hydrogen-bond donors (Lipinski definition) is 0. The molecule has 20 heavy (non-hydrogen) atoms. The van der Waals surface area contributed by atoms with Gasteiger partial charge in [0.1, 0.15) is 0 Å². The van der Waals surface area contributed by atoms with Crippen LogP contribution in [0.25, 0.3) is 0 Å². The predicted octanol–water partition coefficient (Wildman–Crippen LogP) is 4.59. The van der Waals surface area contributed by atoms with E-state index in [9.17, 15) is 22.0 Å². The van der Waals surface area contributed by atoms with Gasteiger partial charge in [0, 0.05) is 0 Å². The highest BCUT2D eigenvalue weighted by Crippen LogP contribution is 2.56. The zero-order valence-corrected chi connectivity index (χ0v) is 11.2. The van der Waals surface area contributed by atoms with Crippen molar-refractivity contribution in [3.63, 3.8) is 0 Å². The number of rotatable bonds is 3. The molecule has 1 aliphatic carbocycles. The molecule has 1 aromatic carbocycles. The molecule has 0 amide bonds. The van der Waals surface area contributed by atoms with Crippen LogP contribution in [0.3, 0.4) is 0 Å². The predicted molar refractivity (Wildman–Crippen MR) is 63.5 cm³/mol. The monoisotopic (exact) mass is 292 g/mol. The molecule has 1 unspecified atom stereocenters. The minimum atomic E-state index is -4.58. The van der Waals surface area contributed by atoms with Crippen molar-refractivity contribution in [2.45, 2.75) is 39.2 Å². The van der Waals surface area contributed by atoms with Crippen molar-refractivity contribution in [3.8, 4) is 0 Å². The van der Waals surface area contributed by atoms with E-state index in [1.54, 1.807) is 26.0 Å². The molecule has 1 nitrogen and oxygen atoms in total. The Kier molecular flexibility index (Phi) is 3.40. The van der Waals surface area contributed by atoms with Crippen LogP contribution < -0.4 is 0 Å². The minimum Gasteiger partial charge on any atom is -0.331 e. The van der Waals surface area contributed by atoms with Gasteiger partial charge in [0.2, 0.25) is 11.7 Å². The number of aryl methyl sites for hydroxylation is 3. The third kappa shape index (κ3) is 1.93. The van der Waals surface area contributed by atoms with E-state index in [1.807, 2.05) is 6.92 Å². The summed E-state index contributed by atoms with van der Waals surface area (Å²) in [6, 6.07) is 3.53. The van der Waals surface area contributed by atoms with Crippen LogP contribution in [0.15, 0.2) is 23.8 Å². The highest BCUT2D eigenvalue weighted by Gasteiger charge is 2.74. The quantitative estimate of drug-likeness (QED) is 0.740. The molecule has 1 aromatic rings. The number of halogens is 5. The Hall–Kier alpha value is -1.43. The second kappa shape index (κ2) is 4.55. The molecule has 0 fully saturated rings. The Bertz CT molecular complexity index is 570. The lowest BCUT2D eigenvalue weighted by molar-refractivity contribution is -0.288. The molecule has 0 aliphatic heterocycles. The maximum absolute atomic E-state index is 13.7. The van der Waals surface area contributed by atoms with Crippen molar-refractivity contribution < 1.29 is 26.7 Å². The van der Waals surface area contributed by atoms with Gasteiger partial charge in [0.05, 0.1) is 6.61 Å². The van der Waals surface area contributed by atoms with Crippen molar-refractivity contribution in [3.05, 3.63) is 46.0 Å². The normalized spacial score (nSPS) is 24.8. The highest BCUT2D eigenvalue weighted by molar-refractivity contribution is 5.38. The summed E-state index contributed by atoms with van der Waals surface area (Å²) in [5, 5.41) is 0. The second-order valence-corrected chi connectivity index (χ2v) is 4.96. The second-order valence-electron chi connectivity index (χ2n) is 4.96. The molecule has 0 bridgehead atoms. The van der Waals surface area contributed by atoms with Gasteiger partial charge in [0.25, 0.3) is 0 Å². The van der Waals surface area contributed by atoms with Crippen LogP contribution >= 0.6 is 0 Å². The minimum absolute atomic E-state index is 0.475. The highest BCUT2D eigenvalue weighted by atomic mass is 19.3. The fourth-order valence-corrected chi connectivity index (χ4v) is 2.26. The maximum Gasteiger partial charge on any atom is 0.365 e. The SMILES string of the molecule is Cc1cc(C)c(COC2(F)C(F)=C(F)C2(F)F)c(C)c1. The van der Waals surface area contributed by atoms with Gasteiger partial charge in [-0.15, -0.1) is 0 Å². The molecule has 1 atom stereocenters. The van der Waals surface area contributed by atoms with Crippen LogP contribution in [0.2, 0.25) is 0 Å². The van der Waals surface area contributed by atoms with Crippen molar-refractivity contribution in [1.29, 1.82) is 0 Å². The van der Waals surface area contributed by atoms with Crippen LogP contribution in [0.1, 0.15) is 22.3 Å². The molecule has 0 saturated carbocycles. The number of hydrogen-bond acceptors (Lipinski definition) is 1. The van der Waals surface area contributed by atoms with Crippen molar-refractivity contribution in [1.82, 2.24) is 0 Å². The van der Waals surface area contributed by atoms with Crippen LogP contribution in [0, 0.1) is 20.8 Å². The zero-order chi connectivity index (χ0) is 15.3. The lowest BCUT2D eigenvalue weighted by atomic mass is 9.94. The molecule has 0 saturated heterocycles. The van der Waals surface area contributed by atoms with Gasteiger partial charge in [0.15, 0.2) is 0 Å². The zero-order valence-electron chi connectivity index (χ0n) is 11.2. The summed E-state index contributed by atoms with van der Waals surface area (Å²) in [7, 11) is 0. The first-order valence-electron chi connectivity index (χ1n) is 5.95. The third-order valence-corrected chi connectivity index (χ3v) is 3.41. The van der Waals surface area contributed by atoms with Crippen LogP contribution in [-0.2, 0) is 11.3 Å². The Morgan fingerprint density at radius 1 is 0.950 bits per heavy atom. The summed E-state index contributed by atoms with van der Waals surface area (Å²) in [4.78, 5) is 0. The van der Waals surface area contributed by atoms with Gasteiger partial charge in [-0.3, -0.25) is 0 Å². The smallest absolute Gasteiger partial charge is 0.331 e. The van der Waals surface area contributed by atoms with E-state index in [-0.39, 0.29) is 0 Å². The first-order chi connectivity index (χ1) is 9.11. The average molecular weight is 292 g/mol.